The van der Waals surface area contributed by atoms with Crippen LogP contribution in [0.3, 0.4) is 0 Å². The summed E-state index contributed by atoms with van der Waals surface area (Å²) in [6.45, 7) is 2.36. The number of aryl methyl sites for hydroxylation is 2. The van der Waals surface area contributed by atoms with Crippen molar-refractivity contribution in [1.29, 1.82) is 0 Å². The van der Waals surface area contributed by atoms with Crippen LogP contribution in [0, 0.1) is 6.92 Å². The molecule has 0 bridgehead atoms. The van der Waals surface area contributed by atoms with Crippen LogP contribution in [0.2, 0.25) is 0 Å². The van der Waals surface area contributed by atoms with Crippen molar-refractivity contribution in [3.05, 3.63) is 41.3 Å². The van der Waals surface area contributed by atoms with Crippen molar-refractivity contribution in [2.24, 2.45) is 7.05 Å². The van der Waals surface area contributed by atoms with Crippen molar-refractivity contribution >= 4 is 11.7 Å². The Morgan fingerprint density at radius 1 is 1.47 bits per heavy atom. The standard InChI is InChI=1S/C13H17N5O/c1-9-5-4-6-10(16-9)8-17(2)13(19)11-7-15-18(3)12(11)14/h4-7H,8,14H2,1-3H3. The van der Waals surface area contributed by atoms with Crippen molar-refractivity contribution in [1.82, 2.24) is 19.7 Å². The van der Waals surface area contributed by atoms with Crippen molar-refractivity contribution in [2.75, 3.05) is 12.8 Å². The fourth-order valence-corrected chi connectivity index (χ4v) is 1.82. The first-order valence-electron chi connectivity index (χ1n) is 5.94. The number of nitrogens with zero attached hydrogens (tertiary/aromatic N) is 4. The van der Waals surface area contributed by atoms with E-state index in [-0.39, 0.29) is 5.91 Å². The summed E-state index contributed by atoms with van der Waals surface area (Å²) in [5, 5.41) is 3.97. The Bertz CT molecular complexity index is 605. The maximum absolute atomic E-state index is 12.2. The van der Waals surface area contributed by atoms with Gasteiger partial charge in [-0.15, -0.1) is 0 Å². The molecule has 1 amide bonds. The third kappa shape index (κ3) is 2.73. The van der Waals surface area contributed by atoms with Crippen LogP contribution in [0.15, 0.2) is 24.4 Å². The molecule has 19 heavy (non-hydrogen) atoms. The number of carbonyl (C=O) groups is 1. The molecule has 6 nitrogen and oxygen atoms in total. The lowest BCUT2D eigenvalue weighted by atomic mass is 10.2. The predicted molar refractivity (Wildman–Crippen MR) is 72.4 cm³/mol. The molecule has 0 unspecified atom stereocenters. The van der Waals surface area contributed by atoms with Crippen molar-refractivity contribution in [3.63, 3.8) is 0 Å². The number of nitrogen functional groups attached to an aromatic ring is 1. The molecule has 0 radical (unpaired) electrons. The smallest absolute Gasteiger partial charge is 0.259 e. The Morgan fingerprint density at radius 3 is 2.79 bits per heavy atom. The Balaban J connectivity index is 2.14. The number of carbonyl (C=O) groups excluding carboxylic acids is 1. The second-order valence-electron chi connectivity index (χ2n) is 4.50. The van der Waals surface area contributed by atoms with E-state index in [0.29, 0.717) is 17.9 Å². The molecule has 0 aliphatic carbocycles. The van der Waals surface area contributed by atoms with E-state index in [1.54, 1.807) is 19.0 Å². The number of hydrogen-bond donors (Lipinski definition) is 1. The van der Waals surface area contributed by atoms with Gasteiger partial charge in [0.1, 0.15) is 11.4 Å². The molecule has 0 aromatic carbocycles. The highest BCUT2D eigenvalue weighted by molar-refractivity contribution is 5.98. The second-order valence-corrected chi connectivity index (χ2v) is 4.50. The van der Waals surface area contributed by atoms with E-state index < -0.39 is 0 Å². The van der Waals surface area contributed by atoms with Gasteiger partial charge in [-0.25, -0.2) is 0 Å². The highest BCUT2D eigenvalue weighted by Gasteiger charge is 2.18. The molecule has 2 rings (SSSR count). The van der Waals surface area contributed by atoms with Gasteiger partial charge >= 0.3 is 0 Å². The van der Waals surface area contributed by atoms with Gasteiger partial charge in [0, 0.05) is 19.8 Å². The number of anilines is 1. The van der Waals surface area contributed by atoms with Gasteiger partial charge in [-0.05, 0) is 19.1 Å². The lowest BCUT2D eigenvalue weighted by Gasteiger charge is -2.16. The molecule has 0 aliphatic heterocycles. The lowest BCUT2D eigenvalue weighted by Crippen LogP contribution is -2.27. The third-order valence-electron chi connectivity index (χ3n) is 2.91. The average Bonchev–Trinajstić information content (AvgIpc) is 2.69. The van der Waals surface area contributed by atoms with Gasteiger partial charge in [-0.3, -0.25) is 14.5 Å². The molecule has 0 saturated heterocycles. The molecule has 0 aliphatic rings. The van der Waals surface area contributed by atoms with Gasteiger partial charge in [0.15, 0.2) is 0 Å². The average molecular weight is 259 g/mol. The summed E-state index contributed by atoms with van der Waals surface area (Å²) in [5.41, 5.74) is 7.99. The van der Waals surface area contributed by atoms with Crippen molar-refractivity contribution in [2.45, 2.75) is 13.5 Å². The molecule has 0 saturated carbocycles. The highest BCUT2D eigenvalue weighted by atomic mass is 16.2. The maximum atomic E-state index is 12.2. The quantitative estimate of drug-likeness (QED) is 0.891. The molecule has 6 heteroatoms. The zero-order valence-corrected chi connectivity index (χ0v) is 11.3. The first-order chi connectivity index (χ1) is 8.99. The fourth-order valence-electron chi connectivity index (χ4n) is 1.82. The summed E-state index contributed by atoms with van der Waals surface area (Å²) in [6.07, 6.45) is 1.48. The van der Waals surface area contributed by atoms with Crippen LogP contribution in [0.25, 0.3) is 0 Å². The van der Waals surface area contributed by atoms with Crippen molar-refractivity contribution in [3.8, 4) is 0 Å². The third-order valence-corrected chi connectivity index (χ3v) is 2.91. The van der Waals surface area contributed by atoms with Crippen LogP contribution in [0.5, 0.6) is 0 Å². The minimum absolute atomic E-state index is 0.158. The van der Waals surface area contributed by atoms with Gasteiger partial charge in [0.2, 0.25) is 0 Å². The van der Waals surface area contributed by atoms with Crippen LogP contribution in [-0.4, -0.2) is 32.6 Å². The highest BCUT2D eigenvalue weighted by Crippen LogP contribution is 2.13. The van der Waals surface area contributed by atoms with Gasteiger partial charge < -0.3 is 10.6 Å². The van der Waals surface area contributed by atoms with E-state index in [4.69, 9.17) is 5.73 Å². The molecule has 0 fully saturated rings. The van der Waals surface area contributed by atoms with Gasteiger partial charge in [-0.2, -0.15) is 5.10 Å². The lowest BCUT2D eigenvalue weighted by molar-refractivity contribution is 0.0784. The minimum Gasteiger partial charge on any atom is -0.383 e. The van der Waals surface area contributed by atoms with E-state index in [2.05, 4.69) is 10.1 Å². The molecule has 2 N–H and O–H groups in total. The Morgan fingerprint density at radius 2 is 2.21 bits per heavy atom. The summed E-state index contributed by atoms with van der Waals surface area (Å²) in [6, 6.07) is 5.74. The van der Waals surface area contributed by atoms with E-state index in [0.717, 1.165) is 11.4 Å². The summed E-state index contributed by atoms with van der Waals surface area (Å²) >= 11 is 0. The summed E-state index contributed by atoms with van der Waals surface area (Å²) in [4.78, 5) is 18.2. The summed E-state index contributed by atoms with van der Waals surface area (Å²) in [7, 11) is 3.42. The number of amides is 1. The first kappa shape index (κ1) is 13.1. The minimum atomic E-state index is -0.158. The molecule has 0 spiro atoms. The Labute approximate surface area is 111 Å². The monoisotopic (exact) mass is 259 g/mol. The number of hydrogen-bond acceptors (Lipinski definition) is 4. The Hall–Kier alpha value is -2.37. The van der Waals surface area contributed by atoms with E-state index in [1.807, 2.05) is 25.1 Å². The fraction of sp³-hybridized carbons (Fsp3) is 0.308. The maximum Gasteiger partial charge on any atom is 0.259 e. The Kier molecular flexibility index (Phi) is 3.50. The first-order valence-corrected chi connectivity index (χ1v) is 5.94. The SMILES string of the molecule is Cc1cccc(CN(C)C(=O)c2cnn(C)c2N)n1. The molecule has 2 heterocycles. The molecule has 2 aromatic heterocycles. The predicted octanol–water partition coefficient (Wildman–Crippen LogP) is 0.978. The number of pyridine rings is 1. The number of rotatable bonds is 3. The zero-order chi connectivity index (χ0) is 14.0. The normalized spacial score (nSPS) is 10.5. The number of nitrogens with two attached hydrogens (primary N) is 1. The molecular formula is C13H17N5O. The zero-order valence-electron chi connectivity index (χ0n) is 11.3. The van der Waals surface area contributed by atoms with Gasteiger partial charge in [-0.1, -0.05) is 6.07 Å². The molecule has 100 valence electrons. The van der Waals surface area contributed by atoms with Crippen LogP contribution in [-0.2, 0) is 13.6 Å². The van der Waals surface area contributed by atoms with Crippen LogP contribution >= 0.6 is 0 Å². The molecule has 0 atom stereocenters. The molecular weight excluding hydrogens is 242 g/mol. The summed E-state index contributed by atoms with van der Waals surface area (Å²) < 4.78 is 1.48. The van der Waals surface area contributed by atoms with Crippen LogP contribution in [0.1, 0.15) is 21.7 Å². The summed E-state index contributed by atoms with van der Waals surface area (Å²) in [5.74, 6) is 0.211. The topological polar surface area (TPSA) is 77.0 Å². The largest absolute Gasteiger partial charge is 0.383 e. The number of aromatic nitrogens is 3. The van der Waals surface area contributed by atoms with Gasteiger partial charge in [0.05, 0.1) is 18.4 Å². The van der Waals surface area contributed by atoms with Crippen LogP contribution < -0.4 is 5.73 Å². The van der Waals surface area contributed by atoms with E-state index >= 15 is 0 Å². The van der Waals surface area contributed by atoms with E-state index in [1.165, 1.54) is 10.9 Å². The van der Waals surface area contributed by atoms with E-state index in [9.17, 15) is 4.79 Å². The van der Waals surface area contributed by atoms with Crippen LogP contribution in [0.4, 0.5) is 5.82 Å². The van der Waals surface area contributed by atoms with Crippen molar-refractivity contribution < 1.29 is 4.79 Å². The second kappa shape index (κ2) is 5.09. The van der Waals surface area contributed by atoms with Gasteiger partial charge in [0.25, 0.3) is 5.91 Å². The molecule has 2 aromatic rings.